The zero-order chi connectivity index (χ0) is 12.7. The topological polar surface area (TPSA) is 0 Å². The molecule has 0 saturated heterocycles. The van der Waals surface area contributed by atoms with Gasteiger partial charge in [0.15, 0.2) is 0 Å². The third-order valence-electron chi connectivity index (χ3n) is 3.17. The van der Waals surface area contributed by atoms with Crippen LogP contribution in [0, 0.1) is 5.41 Å². The first-order valence-corrected chi connectivity index (χ1v) is 6.73. The summed E-state index contributed by atoms with van der Waals surface area (Å²) in [7, 11) is 0. The van der Waals surface area contributed by atoms with Gasteiger partial charge >= 0.3 is 0 Å². The predicted molar refractivity (Wildman–Crippen MR) is 77.2 cm³/mol. The first-order chi connectivity index (χ1) is 8.03. The van der Waals surface area contributed by atoms with Crippen molar-refractivity contribution in [2.45, 2.75) is 53.4 Å². The Morgan fingerprint density at radius 3 is 2.41 bits per heavy atom. The second-order valence-corrected chi connectivity index (χ2v) is 5.83. The Labute approximate surface area is 107 Å². The summed E-state index contributed by atoms with van der Waals surface area (Å²) in [5.41, 5.74) is 3.34. The van der Waals surface area contributed by atoms with Crippen molar-refractivity contribution < 1.29 is 0 Å². The van der Waals surface area contributed by atoms with E-state index >= 15 is 0 Å². The molecule has 0 saturated carbocycles. The maximum Gasteiger partial charge on any atom is -0.0224 e. The van der Waals surface area contributed by atoms with Crippen molar-refractivity contribution in [1.29, 1.82) is 0 Å². The molecule has 1 aromatic rings. The summed E-state index contributed by atoms with van der Waals surface area (Å²) in [5.74, 6) is 0. The van der Waals surface area contributed by atoms with Gasteiger partial charge in [0.25, 0.3) is 0 Å². The molecule has 0 radical (unpaired) electrons. The van der Waals surface area contributed by atoms with E-state index in [0.717, 1.165) is 6.42 Å². The van der Waals surface area contributed by atoms with Gasteiger partial charge in [-0.15, -0.1) is 0 Å². The summed E-state index contributed by atoms with van der Waals surface area (Å²) < 4.78 is 0. The second kappa shape index (κ2) is 6.64. The highest BCUT2D eigenvalue weighted by atomic mass is 14.2. The van der Waals surface area contributed by atoms with Crippen LogP contribution in [0.15, 0.2) is 42.0 Å². The molecule has 0 N–H and O–H groups in total. The monoisotopic (exact) mass is 230 g/mol. The Balaban J connectivity index is 2.54. The smallest absolute Gasteiger partial charge is 0.0224 e. The Kier molecular flexibility index (Phi) is 5.47. The molecule has 0 aromatic heterocycles. The molecule has 0 spiro atoms. The van der Waals surface area contributed by atoms with Crippen LogP contribution >= 0.6 is 0 Å². The van der Waals surface area contributed by atoms with Crippen molar-refractivity contribution in [3.8, 4) is 0 Å². The van der Waals surface area contributed by atoms with E-state index < -0.39 is 0 Å². The van der Waals surface area contributed by atoms with E-state index in [9.17, 15) is 0 Å². The molecule has 0 heteroatoms. The quantitative estimate of drug-likeness (QED) is 0.575. The van der Waals surface area contributed by atoms with Gasteiger partial charge in [-0.25, -0.2) is 0 Å². The van der Waals surface area contributed by atoms with Crippen LogP contribution in [0.5, 0.6) is 0 Å². The van der Waals surface area contributed by atoms with Gasteiger partial charge in [0.2, 0.25) is 0 Å². The van der Waals surface area contributed by atoms with Crippen molar-refractivity contribution in [3.05, 3.63) is 47.5 Å². The Bertz CT molecular complexity index is 344. The van der Waals surface area contributed by atoms with Crippen molar-refractivity contribution in [3.63, 3.8) is 0 Å². The van der Waals surface area contributed by atoms with Gasteiger partial charge in [0.05, 0.1) is 0 Å². The van der Waals surface area contributed by atoms with Crippen LogP contribution in [0.25, 0.3) is 0 Å². The molecule has 94 valence electrons. The summed E-state index contributed by atoms with van der Waals surface area (Å²) in [6.45, 7) is 9.21. The van der Waals surface area contributed by atoms with Crippen LogP contribution in [-0.4, -0.2) is 0 Å². The standard InChI is InChI=1S/C17H26/c1-5-9-15(2)12-13-17(3,4)14-16-10-7-6-8-11-16/h6-8,10-12H,5,9,13-14H2,1-4H3/b15-12+. The zero-order valence-electron chi connectivity index (χ0n) is 11.8. The van der Waals surface area contributed by atoms with Gasteiger partial charge in [0, 0.05) is 0 Å². The molecule has 0 aliphatic rings. The van der Waals surface area contributed by atoms with Gasteiger partial charge in [-0.2, -0.15) is 0 Å². The summed E-state index contributed by atoms with van der Waals surface area (Å²) >= 11 is 0. The normalized spacial score (nSPS) is 12.8. The summed E-state index contributed by atoms with van der Waals surface area (Å²) in [5, 5.41) is 0. The minimum absolute atomic E-state index is 0.357. The second-order valence-electron chi connectivity index (χ2n) is 5.83. The van der Waals surface area contributed by atoms with E-state index in [1.165, 1.54) is 30.4 Å². The lowest BCUT2D eigenvalue weighted by Gasteiger charge is -2.23. The van der Waals surface area contributed by atoms with E-state index in [1.807, 2.05) is 0 Å². The highest BCUT2D eigenvalue weighted by Gasteiger charge is 2.16. The van der Waals surface area contributed by atoms with Gasteiger partial charge < -0.3 is 0 Å². The molecule has 0 heterocycles. The molecular formula is C17H26. The van der Waals surface area contributed by atoms with Crippen molar-refractivity contribution in [1.82, 2.24) is 0 Å². The molecule has 0 amide bonds. The van der Waals surface area contributed by atoms with Crippen LogP contribution in [0.1, 0.15) is 52.5 Å². The third kappa shape index (κ3) is 5.72. The maximum atomic E-state index is 2.42. The number of hydrogen-bond donors (Lipinski definition) is 0. The van der Waals surface area contributed by atoms with Crippen LogP contribution in [0.4, 0.5) is 0 Å². The van der Waals surface area contributed by atoms with Crippen LogP contribution in [-0.2, 0) is 6.42 Å². The first kappa shape index (κ1) is 14.0. The van der Waals surface area contributed by atoms with Crippen molar-refractivity contribution in [2.24, 2.45) is 5.41 Å². The lowest BCUT2D eigenvalue weighted by atomic mass is 9.82. The molecule has 0 aliphatic heterocycles. The highest BCUT2D eigenvalue weighted by Crippen LogP contribution is 2.27. The summed E-state index contributed by atoms with van der Waals surface area (Å²) in [4.78, 5) is 0. The largest absolute Gasteiger partial charge is 0.0851 e. The fourth-order valence-electron chi connectivity index (χ4n) is 2.17. The SMILES string of the molecule is CCC/C(C)=C/CC(C)(C)Cc1ccccc1. The average Bonchev–Trinajstić information content (AvgIpc) is 2.28. The van der Waals surface area contributed by atoms with E-state index in [4.69, 9.17) is 0 Å². The molecule has 0 nitrogen and oxygen atoms in total. The molecule has 1 aromatic carbocycles. The van der Waals surface area contributed by atoms with E-state index in [2.05, 4.69) is 64.1 Å². The minimum atomic E-state index is 0.357. The Morgan fingerprint density at radius 2 is 1.82 bits per heavy atom. The fourth-order valence-corrected chi connectivity index (χ4v) is 2.17. The number of allylic oxidation sites excluding steroid dienone is 2. The van der Waals surface area contributed by atoms with Crippen LogP contribution in [0.2, 0.25) is 0 Å². The van der Waals surface area contributed by atoms with Gasteiger partial charge in [-0.05, 0) is 37.2 Å². The Morgan fingerprint density at radius 1 is 1.18 bits per heavy atom. The number of hydrogen-bond acceptors (Lipinski definition) is 0. The average molecular weight is 230 g/mol. The first-order valence-electron chi connectivity index (χ1n) is 6.73. The van der Waals surface area contributed by atoms with Gasteiger partial charge in [-0.3, -0.25) is 0 Å². The summed E-state index contributed by atoms with van der Waals surface area (Å²) in [6, 6.07) is 10.8. The lowest BCUT2D eigenvalue weighted by molar-refractivity contribution is 0.367. The lowest BCUT2D eigenvalue weighted by Crippen LogP contribution is -2.14. The van der Waals surface area contributed by atoms with Crippen molar-refractivity contribution in [2.75, 3.05) is 0 Å². The maximum absolute atomic E-state index is 2.42. The zero-order valence-corrected chi connectivity index (χ0v) is 11.8. The van der Waals surface area contributed by atoms with E-state index in [-0.39, 0.29) is 0 Å². The number of benzene rings is 1. The van der Waals surface area contributed by atoms with E-state index in [0.29, 0.717) is 5.41 Å². The van der Waals surface area contributed by atoms with E-state index in [1.54, 1.807) is 0 Å². The van der Waals surface area contributed by atoms with Gasteiger partial charge in [0.1, 0.15) is 0 Å². The van der Waals surface area contributed by atoms with Crippen LogP contribution in [0.3, 0.4) is 0 Å². The minimum Gasteiger partial charge on any atom is -0.0851 e. The molecule has 0 atom stereocenters. The number of rotatable bonds is 6. The van der Waals surface area contributed by atoms with Crippen LogP contribution < -0.4 is 0 Å². The summed E-state index contributed by atoms with van der Waals surface area (Å²) in [6.07, 6.45) is 7.24. The molecule has 0 unspecified atom stereocenters. The molecule has 0 fully saturated rings. The molecule has 0 bridgehead atoms. The van der Waals surface area contributed by atoms with Gasteiger partial charge in [-0.1, -0.05) is 69.2 Å². The molecule has 17 heavy (non-hydrogen) atoms. The molecular weight excluding hydrogens is 204 g/mol. The fraction of sp³-hybridized carbons (Fsp3) is 0.529. The highest BCUT2D eigenvalue weighted by molar-refractivity contribution is 5.16. The molecule has 1 rings (SSSR count). The third-order valence-corrected chi connectivity index (χ3v) is 3.17. The van der Waals surface area contributed by atoms with Crippen molar-refractivity contribution >= 4 is 0 Å². The predicted octanol–water partition coefficient (Wildman–Crippen LogP) is 5.39. The molecule has 0 aliphatic carbocycles. The Hall–Kier alpha value is -1.04.